The van der Waals surface area contributed by atoms with Gasteiger partial charge < -0.3 is 29.5 Å². The number of fused-ring (bicyclic) bond motifs is 1. The number of H-pyrrole nitrogens is 2. The Morgan fingerprint density at radius 3 is 2.47 bits per heavy atom. The molecule has 0 bridgehead atoms. The van der Waals surface area contributed by atoms with Crippen molar-refractivity contribution in [2.75, 3.05) is 19.5 Å². The normalized spacial score (nSPS) is 11.7. The van der Waals surface area contributed by atoms with Crippen LogP contribution in [0.2, 0.25) is 0 Å². The highest BCUT2D eigenvalue weighted by atomic mass is 16.5. The van der Waals surface area contributed by atoms with Crippen LogP contribution in [0.4, 0.5) is 5.69 Å². The first-order valence-corrected chi connectivity index (χ1v) is 9.33. The molecular weight excluding hydrogens is 390 g/mol. The van der Waals surface area contributed by atoms with Gasteiger partial charge in [0.25, 0.3) is 5.91 Å². The summed E-state index contributed by atoms with van der Waals surface area (Å²) < 4.78 is 15.7. The Bertz CT molecular complexity index is 1120. The number of ether oxygens (including phenoxy) is 3. The smallest absolute Gasteiger partial charge is 0.323 e. The first-order valence-electron chi connectivity index (χ1n) is 9.33. The molecule has 9 heteroatoms. The fourth-order valence-electron chi connectivity index (χ4n) is 2.95. The molecule has 0 saturated carbocycles. The summed E-state index contributed by atoms with van der Waals surface area (Å²) in [5, 5.41) is 2.67. The fraction of sp³-hybridized carbons (Fsp3) is 0.286. The van der Waals surface area contributed by atoms with Crippen molar-refractivity contribution in [2.24, 2.45) is 0 Å². The van der Waals surface area contributed by atoms with Gasteiger partial charge in [-0.05, 0) is 49.2 Å². The molecule has 0 fully saturated rings. The lowest BCUT2D eigenvalue weighted by atomic mass is 10.1. The molecule has 0 spiro atoms. The number of methoxy groups -OCH3 is 2. The fourth-order valence-corrected chi connectivity index (χ4v) is 2.95. The summed E-state index contributed by atoms with van der Waals surface area (Å²) in [5.74, 6) is 0.234. The highest BCUT2D eigenvalue weighted by Crippen LogP contribution is 2.28. The third-order valence-electron chi connectivity index (χ3n) is 4.53. The number of amides is 1. The molecule has 1 amide bonds. The highest BCUT2D eigenvalue weighted by molar-refractivity contribution is 5.96. The number of aromatic amines is 2. The number of esters is 1. The summed E-state index contributed by atoms with van der Waals surface area (Å²) in [6, 6.07) is 10.3. The largest absolute Gasteiger partial charge is 0.493 e. The van der Waals surface area contributed by atoms with Gasteiger partial charge in [-0.1, -0.05) is 6.07 Å². The molecule has 3 N–H and O–H groups in total. The lowest BCUT2D eigenvalue weighted by Gasteiger charge is -2.14. The summed E-state index contributed by atoms with van der Waals surface area (Å²) in [6.45, 7) is 1.50. The third kappa shape index (κ3) is 4.99. The van der Waals surface area contributed by atoms with E-state index >= 15 is 0 Å². The predicted octanol–water partition coefficient (Wildman–Crippen LogP) is 2.38. The first kappa shape index (κ1) is 21.0. The Kier molecular flexibility index (Phi) is 6.41. The zero-order valence-corrected chi connectivity index (χ0v) is 16.9. The van der Waals surface area contributed by atoms with Crippen molar-refractivity contribution in [3.63, 3.8) is 0 Å². The molecule has 158 valence electrons. The maximum atomic E-state index is 12.3. The van der Waals surface area contributed by atoms with Crippen molar-refractivity contribution in [2.45, 2.75) is 25.9 Å². The Labute approximate surface area is 172 Å². The zero-order chi connectivity index (χ0) is 21.7. The number of hydrogen-bond acceptors (Lipinski definition) is 6. The average molecular weight is 413 g/mol. The van der Waals surface area contributed by atoms with E-state index in [0.29, 0.717) is 34.6 Å². The number of aromatic nitrogens is 2. The zero-order valence-electron chi connectivity index (χ0n) is 16.9. The van der Waals surface area contributed by atoms with Crippen LogP contribution in [0.5, 0.6) is 11.5 Å². The Morgan fingerprint density at radius 1 is 1.00 bits per heavy atom. The second kappa shape index (κ2) is 9.17. The van der Waals surface area contributed by atoms with Gasteiger partial charge in [-0.15, -0.1) is 0 Å². The van der Waals surface area contributed by atoms with Gasteiger partial charge in [0, 0.05) is 12.1 Å². The van der Waals surface area contributed by atoms with Crippen LogP contribution >= 0.6 is 0 Å². The number of imidazole rings is 1. The van der Waals surface area contributed by atoms with Gasteiger partial charge in [-0.3, -0.25) is 9.59 Å². The van der Waals surface area contributed by atoms with E-state index in [2.05, 4.69) is 15.3 Å². The number of anilines is 1. The van der Waals surface area contributed by atoms with E-state index in [1.807, 2.05) is 6.07 Å². The van der Waals surface area contributed by atoms with Gasteiger partial charge in [0.1, 0.15) is 0 Å². The predicted molar refractivity (Wildman–Crippen MR) is 111 cm³/mol. The van der Waals surface area contributed by atoms with Crippen LogP contribution in [0, 0.1) is 0 Å². The number of nitrogens with one attached hydrogen (secondary N) is 3. The van der Waals surface area contributed by atoms with E-state index in [1.165, 1.54) is 6.92 Å². The standard InChI is InChI=1S/C21H23N3O6/c1-12(20(26)22-14-6-7-15-16(11-14)24-21(27)23-15)30-19(25)9-5-13-4-8-17(28-2)18(10-13)29-3/h4,6-8,10-12H,5,9H2,1-3H3,(H,22,26)(H2,23,24,27)/t12-/m0/s1. The van der Waals surface area contributed by atoms with Crippen LogP contribution < -0.4 is 20.5 Å². The maximum absolute atomic E-state index is 12.3. The van der Waals surface area contributed by atoms with Crippen LogP contribution in [0.25, 0.3) is 11.0 Å². The SMILES string of the molecule is COc1ccc(CCC(=O)O[C@@H](C)C(=O)Nc2ccc3[nH]c(=O)[nH]c3c2)cc1OC. The van der Waals surface area contributed by atoms with Gasteiger partial charge >= 0.3 is 11.7 Å². The molecule has 0 unspecified atom stereocenters. The molecule has 0 aliphatic rings. The van der Waals surface area contributed by atoms with Gasteiger partial charge in [-0.25, -0.2) is 4.79 Å². The molecule has 9 nitrogen and oxygen atoms in total. The molecule has 1 heterocycles. The number of carbonyl (C=O) groups is 2. The molecule has 0 saturated heterocycles. The molecule has 0 radical (unpaired) electrons. The van der Waals surface area contributed by atoms with Crippen LogP contribution in [0.15, 0.2) is 41.2 Å². The molecule has 1 aromatic heterocycles. The van der Waals surface area contributed by atoms with Crippen molar-refractivity contribution in [3.05, 3.63) is 52.4 Å². The van der Waals surface area contributed by atoms with Gasteiger partial charge in [0.05, 0.1) is 25.3 Å². The van der Waals surface area contributed by atoms with Crippen molar-refractivity contribution in [1.29, 1.82) is 0 Å². The van der Waals surface area contributed by atoms with Crippen LogP contribution in [0.1, 0.15) is 18.9 Å². The summed E-state index contributed by atoms with van der Waals surface area (Å²) in [6.07, 6.45) is -0.418. The molecule has 0 aliphatic carbocycles. The minimum Gasteiger partial charge on any atom is -0.493 e. The van der Waals surface area contributed by atoms with Crippen LogP contribution in [0.3, 0.4) is 0 Å². The molecule has 0 aliphatic heterocycles. The third-order valence-corrected chi connectivity index (χ3v) is 4.53. The number of hydrogen-bond donors (Lipinski definition) is 3. The number of rotatable bonds is 8. The molecule has 30 heavy (non-hydrogen) atoms. The van der Waals surface area contributed by atoms with Crippen molar-refractivity contribution in [3.8, 4) is 11.5 Å². The second-order valence-corrected chi connectivity index (χ2v) is 6.65. The van der Waals surface area contributed by atoms with E-state index < -0.39 is 18.0 Å². The van der Waals surface area contributed by atoms with Crippen LogP contribution in [-0.4, -0.2) is 42.2 Å². The Morgan fingerprint density at radius 2 is 1.73 bits per heavy atom. The topological polar surface area (TPSA) is 123 Å². The van der Waals surface area contributed by atoms with E-state index in [-0.39, 0.29) is 12.1 Å². The van der Waals surface area contributed by atoms with Crippen molar-refractivity contribution in [1.82, 2.24) is 9.97 Å². The van der Waals surface area contributed by atoms with Gasteiger partial charge in [-0.2, -0.15) is 0 Å². The maximum Gasteiger partial charge on any atom is 0.323 e. The van der Waals surface area contributed by atoms with E-state index in [4.69, 9.17) is 14.2 Å². The van der Waals surface area contributed by atoms with E-state index in [0.717, 1.165) is 5.56 Å². The second-order valence-electron chi connectivity index (χ2n) is 6.65. The molecule has 3 aromatic rings. The lowest BCUT2D eigenvalue weighted by Crippen LogP contribution is -2.30. The summed E-state index contributed by atoms with van der Waals surface area (Å²) in [5.41, 5.74) is 2.24. The summed E-state index contributed by atoms with van der Waals surface area (Å²) in [4.78, 5) is 41.0. The monoisotopic (exact) mass is 413 g/mol. The van der Waals surface area contributed by atoms with Crippen LogP contribution in [-0.2, 0) is 20.7 Å². The number of carbonyl (C=O) groups excluding carboxylic acids is 2. The minimum absolute atomic E-state index is 0.115. The van der Waals surface area contributed by atoms with Crippen molar-refractivity contribution < 1.29 is 23.8 Å². The van der Waals surface area contributed by atoms with Gasteiger partial charge in [0.15, 0.2) is 17.6 Å². The van der Waals surface area contributed by atoms with E-state index in [9.17, 15) is 14.4 Å². The molecule has 1 atom stereocenters. The minimum atomic E-state index is -0.969. The lowest BCUT2D eigenvalue weighted by molar-refractivity contribution is -0.153. The summed E-state index contributed by atoms with van der Waals surface area (Å²) in [7, 11) is 3.10. The first-order chi connectivity index (χ1) is 14.4. The molecule has 3 rings (SSSR count). The quantitative estimate of drug-likeness (QED) is 0.487. The molecule has 2 aromatic carbocycles. The van der Waals surface area contributed by atoms with Crippen molar-refractivity contribution >= 4 is 28.6 Å². The Balaban J connectivity index is 1.52. The average Bonchev–Trinajstić information content (AvgIpc) is 3.11. The molecular formula is C21H23N3O6. The van der Waals surface area contributed by atoms with Gasteiger partial charge in [0.2, 0.25) is 0 Å². The highest BCUT2D eigenvalue weighted by Gasteiger charge is 2.18. The van der Waals surface area contributed by atoms with E-state index in [1.54, 1.807) is 44.6 Å². The number of aryl methyl sites for hydroxylation is 1. The summed E-state index contributed by atoms with van der Waals surface area (Å²) >= 11 is 0. The Hall–Kier alpha value is -3.75. The number of benzene rings is 2.